The lowest BCUT2D eigenvalue weighted by atomic mass is 10.1. The molecule has 2 unspecified atom stereocenters. The van der Waals surface area contributed by atoms with Crippen molar-refractivity contribution in [1.82, 2.24) is 0 Å². The van der Waals surface area contributed by atoms with Gasteiger partial charge in [-0.25, -0.2) is 0 Å². The van der Waals surface area contributed by atoms with E-state index in [1.165, 1.54) is 0 Å². The quantitative estimate of drug-likeness (QED) is 0.565. The predicted molar refractivity (Wildman–Crippen MR) is 43.4 cm³/mol. The van der Waals surface area contributed by atoms with E-state index in [4.69, 9.17) is 4.74 Å². The number of hydrogen-bond donors (Lipinski definition) is 0. The van der Waals surface area contributed by atoms with Gasteiger partial charge in [-0.05, 0) is 18.8 Å². The number of hydrogen-bond acceptors (Lipinski definition) is 2. The Morgan fingerprint density at radius 1 is 1.64 bits per heavy atom. The Bertz CT molecular complexity index is 142. The van der Waals surface area contributed by atoms with Crippen LogP contribution in [0.15, 0.2) is 0 Å². The molecule has 0 bridgehead atoms. The second-order valence-corrected chi connectivity index (χ2v) is 3.38. The summed E-state index contributed by atoms with van der Waals surface area (Å²) < 4.78 is 4.87. The van der Waals surface area contributed by atoms with E-state index in [0.29, 0.717) is 30.6 Å². The highest BCUT2D eigenvalue weighted by molar-refractivity contribution is 5.83. The SMILES string of the molecule is COCCCC(=O)C1CC1C. The van der Waals surface area contributed by atoms with Gasteiger partial charge in [-0.1, -0.05) is 6.92 Å². The van der Waals surface area contributed by atoms with Crippen LogP contribution in [0.1, 0.15) is 26.2 Å². The summed E-state index contributed by atoms with van der Waals surface area (Å²) in [5.74, 6) is 1.49. The molecule has 11 heavy (non-hydrogen) atoms. The molecule has 0 amide bonds. The van der Waals surface area contributed by atoms with Crippen LogP contribution >= 0.6 is 0 Å². The molecule has 1 aliphatic rings. The van der Waals surface area contributed by atoms with Crippen molar-refractivity contribution in [2.45, 2.75) is 26.2 Å². The van der Waals surface area contributed by atoms with E-state index in [1.807, 2.05) is 0 Å². The lowest BCUT2D eigenvalue weighted by Crippen LogP contribution is -2.03. The van der Waals surface area contributed by atoms with Crippen molar-refractivity contribution in [3.05, 3.63) is 0 Å². The molecule has 0 N–H and O–H groups in total. The van der Waals surface area contributed by atoms with Crippen LogP contribution < -0.4 is 0 Å². The number of carbonyl (C=O) groups is 1. The summed E-state index contributed by atoms with van der Waals surface area (Å²) in [5.41, 5.74) is 0. The van der Waals surface area contributed by atoms with Gasteiger partial charge in [0.1, 0.15) is 5.78 Å². The van der Waals surface area contributed by atoms with Crippen molar-refractivity contribution in [2.75, 3.05) is 13.7 Å². The van der Waals surface area contributed by atoms with Gasteiger partial charge < -0.3 is 4.74 Å². The highest BCUT2D eigenvalue weighted by Gasteiger charge is 2.37. The number of methoxy groups -OCH3 is 1. The number of Topliss-reactive ketones (excluding diaryl/α,β-unsaturated/α-hetero) is 1. The monoisotopic (exact) mass is 156 g/mol. The largest absolute Gasteiger partial charge is 0.385 e. The van der Waals surface area contributed by atoms with Crippen molar-refractivity contribution in [3.63, 3.8) is 0 Å². The van der Waals surface area contributed by atoms with E-state index in [1.54, 1.807) is 7.11 Å². The molecule has 0 aromatic heterocycles. The molecule has 1 fully saturated rings. The van der Waals surface area contributed by atoms with Gasteiger partial charge in [0.25, 0.3) is 0 Å². The average molecular weight is 156 g/mol. The number of carbonyl (C=O) groups excluding carboxylic acids is 1. The number of rotatable bonds is 5. The normalized spacial score (nSPS) is 28.5. The summed E-state index contributed by atoms with van der Waals surface area (Å²) in [6.45, 7) is 2.85. The van der Waals surface area contributed by atoms with E-state index in [-0.39, 0.29) is 0 Å². The first kappa shape index (κ1) is 8.72. The first-order chi connectivity index (χ1) is 5.25. The average Bonchev–Trinajstić information content (AvgIpc) is 2.67. The molecule has 1 aliphatic carbocycles. The number of ketones is 1. The molecule has 0 aromatic carbocycles. The Balaban J connectivity index is 2.03. The Hall–Kier alpha value is -0.370. The maximum atomic E-state index is 11.2. The summed E-state index contributed by atoms with van der Waals surface area (Å²) in [7, 11) is 1.67. The smallest absolute Gasteiger partial charge is 0.136 e. The fraction of sp³-hybridized carbons (Fsp3) is 0.889. The van der Waals surface area contributed by atoms with E-state index in [9.17, 15) is 4.79 Å². The highest BCUT2D eigenvalue weighted by atomic mass is 16.5. The molecule has 64 valence electrons. The van der Waals surface area contributed by atoms with Crippen molar-refractivity contribution in [2.24, 2.45) is 11.8 Å². The first-order valence-corrected chi connectivity index (χ1v) is 4.27. The van der Waals surface area contributed by atoms with Gasteiger partial charge in [-0.3, -0.25) is 4.79 Å². The molecule has 2 nitrogen and oxygen atoms in total. The minimum atomic E-state index is 0.395. The molecule has 0 radical (unpaired) electrons. The molecular formula is C9H16O2. The third-order valence-electron chi connectivity index (χ3n) is 2.29. The standard InChI is InChI=1S/C9H16O2/c1-7-6-8(7)9(10)4-3-5-11-2/h7-8H,3-6H2,1-2H3. The van der Waals surface area contributed by atoms with Crippen LogP contribution in [0.25, 0.3) is 0 Å². The van der Waals surface area contributed by atoms with Gasteiger partial charge in [0.15, 0.2) is 0 Å². The molecule has 0 aliphatic heterocycles. The van der Waals surface area contributed by atoms with E-state index in [0.717, 1.165) is 12.8 Å². The van der Waals surface area contributed by atoms with Gasteiger partial charge in [0.2, 0.25) is 0 Å². The Morgan fingerprint density at radius 3 is 2.73 bits per heavy atom. The minimum absolute atomic E-state index is 0.395. The summed E-state index contributed by atoms with van der Waals surface area (Å²) >= 11 is 0. The van der Waals surface area contributed by atoms with E-state index >= 15 is 0 Å². The van der Waals surface area contributed by atoms with Crippen LogP contribution in [-0.4, -0.2) is 19.5 Å². The maximum Gasteiger partial charge on any atom is 0.136 e. The van der Waals surface area contributed by atoms with Crippen molar-refractivity contribution in [1.29, 1.82) is 0 Å². The number of ether oxygens (including phenoxy) is 1. The zero-order chi connectivity index (χ0) is 8.27. The molecule has 0 saturated heterocycles. The lowest BCUT2D eigenvalue weighted by Gasteiger charge is -1.97. The van der Waals surface area contributed by atoms with Crippen molar-refractivity contribution >= 4 is 5.78 Å². The fourth-order valence-corrected chi connectivity index (χ4v) is 1.35. The molecule has 0 aromatic rings. The molecule has 2 heteroatoms. The van der Waals surface area contributed by atoms with E-state index in [2.05, 4.69) is 6.92 Å². The van der Waals surface area contributed by atoms with Gasteiger partial charge >= 0.3 is 0 Å². The molecular weight excluding hydrogens is 140 g/mol. The van der Waals surface area contributed by atoms with Crippen LogP contribution in [0.5, 0.6) is 0 Å². The predicted octanol–water partition coefficient (Wildman–Crippen LogP) is 1.64. The molecule has 0 spiro atoms. The zero-order valence-corrected chi connectivity index (χ0v) is 7.30. The summed E-state index contributed by atoms with van der Waals surface area (Å²) in [4.78, 5) is 11.2. The van der Waals surface area contributed by atoms with Crippen molar-refractivity contribution < 1.29 is 9.53 Å². The molecule has 1 rings (SSSR count). The fourth-order valence-electron chi connectivity index (χ4n) is 1.35. The molecule has 1 saturated carbocycles. The maximum absolute atomic E-state index is 11.2. The Kier molecular flexibility index (Phi) is 3.06. The second-order valence-electron chi connectivity index (χ2n) is 3.38. The third-order valence-corrected chi connectivity index (χ3v) is 2.29. The Morgan fingerprint density at radius 2 is 2.27 bits per heavy atom. The lowest BCUT2D eigenvalue weighted by molar-refractivity contribution is -0.120. The van der Waals surface area contributed by atoms with E-state index < -0.39 is 0 Å². The molecule has 0 heterocycles. The van der Waals surface area contributed by atoms with Gasteiger partial charge in [-0.15, -0.1) is 0 Å². The minimum Gasteiger partial charge on any atom is -0.385 e. The topological polar surface area (TPSA) is 26.3 Å². The van der Waals surface area contributed by atoms with Crippen molar-refractivity contribution in [3.8, 4) is 0 Å². The van der Waals surface area contributed by atoms with Gasteiger partial charge in [0, 0.05) is 26.1 Å². The van der Waals surface area contributed by atoms with Crippen LogP contribution in [0.2, 0.25) is 0 Å². The van der Waals surface area contributed by atoms with Gasteiger partial charge in [-0.2, -0.15) is 0 Å². The summed E-state index contributed by atoms with van der Waals surface area (Å²) in [6.07, 6.45) is 2.72. The zero-order valence-electron chi connectivity index (χ0n) is 7.30. The van der Waals surface area contributed by atoms with Crippen LogP contribution in [0.4, 0.5) is 0 Å². The first-order valence-electron chi connectivity index (χ1n) is 4.27. The second kappa shape index (κ2) is 3.86. The summed E-state index contributed by atoms with van der Waals surface area (Å²) in [6, 6.07) is 0. The van der Waals surface area contributed by atoms with Crippen LogP contribution in [-0.2, 0) is 9.53 Å². The highest BCUT2D eigenvalue weighted by Crippen LogP contribution is 2.39. The van der Waals surface area contributed by atoms with Crippen LogP contribution in [0, 0.1) is 11.8 Å². The van der Waals surface area contributed by atoms with Crippen LogP contribution in [0.3, 0.4) is 0 Å². The third kappa shape index (κ3) is 2.62. The molecule has 2 atom stereocenters. The Labute approximate surface area is 67.9 Å². The summed E-state index contributed by atoms with van der Waals surface area (Å²) in [5, 5.41) is 0. The van der Waals surface area contributed by atoms with Gasteiger partial charge in [0.05, 0.1) is 0 Å².